The van der Waals surface area contributed by atoms with Crippen molar-refractivity contribution in [1.82, 2.24) is 9.97 Å². The predicted molar refractivity (Wildman–Crippen MR) is 79.2 cm³/mol. The smallest absolute Gasteiger partial charge is 0.145 e. The van der Waals surface area contributed by atoms with Gasteiger partial charge in [-0.1, -0.05) is 38.8 Å². The van der Waals surface area contributed by atoms with E-state index in [9.17, 15) is 0 Å². The molecule has 2 aromatic rings. The van der Waals surface area contributed by atoms with Gasteiger partial charge in [-0.05, 0) is 30.4 Å². The minimum absolute atomic E-state index is 0.339. The molecule has 19 heavy (non-hydrogen) atoms. The largest absolute Gasteiger partial charge is 0.366 e. The lowest BCUT2D eigenvalue weighted by atomic mass is 9.73. The van der Waals surface area contributed by atoms with Gasteiger partial charge in [0, 0.05) is 6.04 Å². The van der Waals surface area contributed by atoms with Gasteiger partial charge in [0.2, 0.25) is 0 Å². The van der Waals surface area contributed by atoms with E-state index in [1.807, 2.05) is 30.5 Å². The van der Waals surface area contributed by atoms with Gasteiger partial charge in [0.1, 0.15) is 5.82 Å². The number of nitrogens with zero attached hydrogens (tertiary/aromatic N) is 2. The average molecular weight is 255 g/mol. The van der Waals surface area contributed by atoms with Crippen LogP contribution >= 0.6 is 0 Å². The monoisotopic (exact) mass is 255 g/mol. The summed E-state index contributed by atoms with van der Waals surface area (Å²) in [6.45, 7) is 4.69. The zero-order valence-electron chi connectivity index (χ0n) is 11.7. The van der Waals surface area contributed by atoms with Gasteiger partial charge in [-0.15, -0.1) is 0 Å². The van der Waals surface area contributed by atoms with E-state index in [0.29, 0.717) is 11.5 Å². The Balaban J connectivity index is 1.84. The van der Waals surface area contributed by atoms with Crippen LogP contribution in [0.4, 0.5) is 5.82 Å². The molecule has 0 amide bonds. The summed E-state index contributed by atoms with van der Waals surface area (Å²) in [4.78, 5) is 9.13. The highest BCUT2D eigenvalue weighted by Crippen LogP contribution is 2.37. The average Bonchev–Trinajstić information content (AvgIpc) is 2.41. The molecule has 3 nitrogen and oxygen atoms in total. The standard InChI is InChI=1S/C16H21N3/c1-16(2)10-6-5-9-14(16)19-15-11-17-12-7-3-4-8-13(12)18-15/h3-4,7-8,11,14H,5-6,9-10H2,1-2H3,(H,18,19). The highest BCUT2D eigenvalue weighted by molar-refractivity contribution is 5.75. The molecule has 1 aliphatic rings. The molecule has 1 fully saturated rings. The summed E-state index contributed by atoms with van der Waals surface area (Å²) in [7, 11) is 0. The van der Waals surface area contributed by atoms with Crippen LogP contribution in [-0.2, 0) is 0 Å². The molecule has 1 aromatic carbocycles. The van der Waals surface area contributed by atoms with Crippen LogP contribution in [0.1, 0.15) is 39.5 Å². The van der Waals surface area contributed by atoms with Crippen LogP contribution in [-0.4, -0.2) is 16.0 Å². The lowest BCUT2D eigenvalue weighted by Crippen LogP contribution is -2.39. The first-order chi connectivity index (χ1) is 9.15. The van der Waals surface area contributed by atoms with Crippen molar-refractivity contribution in [1.29, 1.82) is 0 Å². The summed E-state index contributed by atoms with van der Waals surface area (Å²) in [5.74, 6) is 0.902. The molecule has 100 valence electrons. The second-order valence-electron chi connectivity index (χ2n) is 6.18. The molecule has 0 radical (unpaired) electrons. The Labute approximate surface area is 114 Å². The Hall–Kier alpha value is -1.64. The SMILES string of the molecule is CC1(C)CCCCC1Nc1cnc2ccccc2n1. The molecule has 3 rings (SSSR count). The first kappa shape index (κ1) is 12.4. The van der Waals surface area contributed by atoms with E-state index >= 15 is 0 Å². The Kier molecular flexibility index (Phi) is 3.13. The number of rotatable bonds is 2. The third kappa shape index (κ3) is 2.55. The number of para-hydroxylation sites is 2. The van der Waals surface area contributed by atoms with Gasteiger partial charge >= 0.3 is 0 Å². The van der Waals surface area contributed by atoms with Crippen LogP contribution in [0, 0.1) is 5.41 Å². The van der Waals surface area contributed by atoms with Gasteiger partial charge in [-0.2, -0.15) is 0 Å². The van der Waals surface area contributed by atoms with Crippen molar-refractivity contribution in [2.45, 2.75) is 45.6 Å². The van der Waals surface area contributed by atoms with Crippen molar-refractivity contribution >= 4 is 16.9 Å². The number of fused-ring (bicyclic) bond motifs is 1. The van der Waals surface area contributed by atoms with Crippen molar-refractivity contribution in [3.63, 3.8) is 0 Å². The fourth-order valence-corrected chi connectivity index (χ4v) is 2.97. The quantitative estimate of drug-likeness (QED) is 0.881. The zero-order chi connectivity index (χ0) is 13.3. The lowest BCUT2D eigenvalue weighted by molar-refractivity contribution is 0.216. The second kappa shape index (κ2) is 4.80. The summed E-state index contributed by atoms with van der Waals surface area (Å²) in [5.41, 5.74) is 2.25. The first-order valence-electron chi connectivity index (χ1n) is 7.13. The van der Waals surface area contributed by atoms with E-state index in [-0.39, 0.29) is 0 Å². The van der Waals surface area contributed by atoms with Crippen molar-refractivity contribution < 1.29 is 0 Å². The Morgan fingerprint density at radius 2 is 1.95 bits per heavy atom. The first-order valence-corrected chi connectivity index (χ1v) is 7.13. The molecule has 1 unspecified atom stereocenters. The van der Waals surface area contributed by atoms with Gasteiger partial charge in [0.25, 0.3) is 0 Å². The van der Waals surface area contributed by atoms with Gasteiger partial charge in [-0.3, -0.25) is 4.98 Å². The van der Waals surface area contributed by atoms with Crippen LogP contribution in [0.15, 0.2) is 30.5 Å². The fourth-order valence-electron chi connectivity index (χ4n) is 2.97. The summed E-state index contributed by atoms with van der Waals surface area (Å²) >= 11 is 0. The lowest BCUT2D eigenvalue weighted by Gasteiger charge is -2.39. The summed E-state index contributed by atoms with van der Waals surface area (Å²) in [5, 5.41) is 3.59. The number of nitrogens with one attached hydrogen (secondary N) is 1. The fraction of sp³-hybridized carbons (Fsp3) is 0.500. The maximum atomic E-state index is 4.66. The second-order valence-corrected chi connectivity index (χ2v) is 6.18. The van der Waals surface area contributed by atoms with Crippen LogP contribution in [0.5, 0.6) is 0 Å². The van der Waals surface area contributed by atoms with Crippen molar-refractivity contribution in [2.24, 2.45) is 5.41 Å². The van der Waals surface area contributed by atoms with Crippen molar-refractivity contribution in [3.05, 3.63) is 30.5 Å². The van der Waals surface area contributed by atoms with E-state index in [1.165, 1.54) is 25.7 Å². The minimum Gasteiger partial charge on any atom is -0.366 e. The van der Waals surface area contributed by atoms with Gasteiger partial charge in [-0.25, -0.2) is 4.98 Å². The van der Waals surface area contributed by atoms with Gasteiger partial charge < -0.3 is 5.32 Å². The van der Waals surface area contributed by atoms with E-state index in [1.54, 1.807) is 0 Å². The number of hydrogen-bond acceptors (Lipinski definition) is 3. The summed E-state index contributed by atoms with van der Waals surface area (Å²) < 4.78 is 0. The topological polar surface area (TPSA) is 37.8 Å². The third-order valence-corrected chi connectivity index (χ3v) is 4.28. The molecule has 1 atom stereocenters. The van der Waals surface area contributed by atoms with E-state index in [2.05, 4.69) is 29.1 Å². The molecular formula is C16H21N3. The molecular weight excluding hydrogens is 234 g/mol. The van der Waals surface area contributed by atoms with Crippen molar-refractivity contribution in [3.8, 4) is 0 Å². The minimum atomic E-state index is 0.339. The van der Waals surface area contributed by atoms with Crippen LogP contribution in [0.3, 0.4) is 0 Å². The van der Waals surface area contributed by atoms with Crippen LogP contribution in [0.25, 0.3) is 11.0 Å². The molecule has 1 heterocycles. The van der Waals surface area contributed by atoms with Crippen molar-refractivity contribution in [2.75, 3.05) is 5.32 Å². The van der Waals surface area contributed by atoms with Crippen LogP contribution in [0.2, 0.25) is 0 Å². The molecule has 0 bridgehead atoms. The van der Waals surface area contributed by atoms with E-state index in [0.717, 1.165) is 16.9 Å². The summed E-state index contributed by atoms with van der Waals surface area (Å²) in [6.07, 6.45) is 7.01. The predicted octanol–water partition coefficient (Wildman–Crippen LogP) is 4.01. The number of hydrogen-bond donors (Lipinski definition) is 1. The number of anilines is 1. The van der Waals surface area contributed by atoms with Crippen LogP contribution < -0.4 is 5.32 Å². The zero-order valence-corrected chi connectivity index (χ0v) is 11.7. The molecule has 1 N–H and O–H groups in total. The molecule has 1 aliphatic carbocycles. The maximum absolute atomic E-state index is 4.66. The molecule has 0 aliphatic heterocycles. The van der Waals surface area contributed by atoms with Gasteiger partial charge in [0.05, 0.1) is 17.2 Å². The summed E-state index contributed by atoms with van der Waals surface area (Å²) in [6, 6.07) is 8.51. The number of aromatic nitrogens is 2. The van der Waals surface area contributed by atoms with E-state index < -0.39 is 0 Å². The maximum Gasteiger partial charge on any atom is 0.145 e. The number of benzene rings is 1. The molecule has 1 saturated carbocycles. The molecule has 1 aromatic heterocycles. The third-order valence-electron chi connectivity index (χ3n) is 4.28. The Morgan fingerprint density at radius 1 is 1.16 bits per heavy atom. The molecule has 0 saturated heterocycles. The highest BCUT2D eigenvalue weighted by Gasteiger charge is 2.32. The Morgan fingerprint density at radius 3 is 2.74 bits per heavy atom. The van der Waals surface area contributed by atoms with Gasteiger partial charge in [0.15, 0.2) is 0 Å². The molecule has 0 spiro atoms. The normalized spacial score (nSPS) is 22.3. The molecule has 3 heteroatoms. The Bertz CT molecular complexity index is 577. The highest BCUT2D eigenvalue weighted by atomic mass is 15.0. The van der Waals surface area contributed by atoms with E-state index in [4.69, 9.17) is 0 Å².